The van der Waals surface area contributed by atoms with Gasteiger partial charge >= 0.3 is 11.9 Å². The molecule has 0 saturated heterocycles. The lowest BCUT2D eigenvalue weighted by Crippen LogP contribution is -2.24. The van der Waals surface area contributed by atoms with Crippen LogP contribution in [0.2, 0.25) is 0 Å². The van der Waals surface area contributed by atoms with Crippen molar-refractivity contribution in [2.24, 2.45) is 0 Å². The third-order valence-corrected chi connectivity index (χ3v) is 3.62. The number of nitrogens with zero attached hydrogens (tertiary/aromatic N) is 1. The lowest BCUT2D eigenvalue weighted by molar-refractivity contribution is -0.152. The second-order valence-corrected chi connectivity index (χ2v) is 5.13. The Hall–Kier alpha value is -1.95. The molecule has 0 unspecified atom stereocenters. The molecule has 1 heterocycles. The molecule has 1 amide bonds. The molecule has 0 bridgehead atoms. The van der Waals surface area contributed by atoms with E-state index in [1.54, 1.807) is 6.92 Å². The molecule has 5 nitrogen and oxygen atoms in total. The molecule has 1 aromatic heterocycles. The van der Waals surface area contributed by atoms with Gasteiger partial charge in [-0.1, -0.05) is 11.3 Å². The highest BCUT2D eigenvalue weighted by Crippen LogP contribution is 2.28. The topological polar surface area (TPSA) is 68.3 Å². The van der Waals surface area contributed by atoms with E-state index in [2.05, 4.69) is 15.0 Å². The van der Waals surface area contributed by atoms with Crippen LogP contribution in [0.5, 0.6) is 0 Å². The molecule has 0 radical (unpaired) electrons. The highest BCUT2D eigenvalue weighted by Gasteiger charge is 2.17. The van der Waals surface area contributed by atoms with Crippen LogP contribution >= 0.6 is 11.3 Å². The minimum Gasteiger partial charge on any atom is -0.459 e. The fourth-order valence-electron chi connectivity index (χ4n) is 1.58. The summed E-state index contributed by atoms with van der Waals surface area (Å²) in [5.41, 5.74) is 3.12. The number of carbonyl (C=O) groups excluding carboxylic acids is 2. The molecule has 6 heteroatoms. The summed E-state index contributed by atoms with van der Waals surface area (Å²) in [5.74, 6) is -1.69. The quantitative estimate of drug-likeness (QED) is 0.676. The van der Waals surface area contributed by atoms with E-state index in [-0.39, 0.29) is 6.61 Å². The molecule has 0 aliphatic carbocycles. The van der Waals surface area contributed by atoms with E-state index in [0.29, 0.717) is 5.13 Å². The van der Waals surface area contributed by atoms with E-state index in [1.165, 1.54) is 16.9 Å². The predicted molar refractivity (Wildman–Crippen MR) is 74.4 cm³/mol. The maximum absolute atomic E-state index is 11.5. The molecule has 0 aliphatic rings. The normalized spacial score (nSPS) is 10.5. The van der Waals surface area contributed by atoms with Crippen molar-refractivity contribution in [2.75, 3.05) is 11.9 Å². The smallest absolute Gasteiger partial charge is 0.397 e. The Bertz CT molecular complexity index is 610. The van der Waals surface area contributed by atoms with Crippen LogP contribution in [-0.4, -0.2) is 23.5 Å². The first kappa shape index (κ1) is 13.5. The van der Waals surface area contributed by atoms with Gasteiger partial charge in [0.15, 0.2) is 5.13 Å². The molecule has 1 aromatic carbocycles. The maximum Gasteiger partial charge on any atom is 0.397 e. The van der Waals surface area contributed by atoms with Gasteiger partial charge in [0.25, 0.3) is 0 Å². The van der Waals surface area contributed by atoms with Crippen LogP contribution in [0.25, 0.3) is 10.2 Å². The number of esters is 1. The molecule has 0 fully saturated rings. The summed E-state index contributed by atoms with van der Waals surface area (Å²) in [7, 11) is 0. The summed E-state index contributed by atoms with van der Waals surface area (Å²) in [6.07, 6.45) is 0. The summed E-state index contributed by atoms with van der Waals surface area (Å²) in [4.78, 5) is 27.0. The molecule has 0 aliphatic heterocycles. The fraction of sp³-hybridized carbons (Fsp3) is 0.308. The standard InChI is InChI=1S/C13H14N2O3S/c1-4-18-12(17)11(16)15-13-14-9-5-7(2)8(3)6-10(9)19-13/h5-6H,4H2,1-3H3,(H,14,15,16). The van der Waals surface area contributed by atoms with Crippen molar-refractivity contribution in [3.8, 4) is 0 Å². The Kier molecular flexibility index (Phi) is 3.80. The van der Waals surface area contributed by atoms with Gasteiger partial charge in [0.05, 0.1) is 16.8 Å². The van der Waals surface area contributed by atoms with Crippen LogP contribution in [0.1, 0.15) is 18.1 Å². The number of hydrogen-bond acceptors (Lipinski definition) is 5. The number of thiazole rings is 1. The van der Waals surface area contributed by atoms with Crippen LogP contribution in [0.15, 0.2) is 12.1 Å². The summed E-state index contributed by atoms with van der Waals surface area (Å²) < 4.78 is 5.59. The third-order valence-electron chi connectivity index (χ3n) is 2.69. The molecular formula is C13H14N2O3S. The Morgan fingerprint density at radius 3 is 2.68 bits per heavy atom. The van der Waals surface area contributed by atoms with Gasteiger partial charge in [0, 0.05) is 0 Å². The summed E-state index contributed by atoms with van der Waals surface area (Å²) in [6.45, 7) is 5.84. The van der Waals surface area contributed by atoms with Gasteiger partial charge in [-0.05, 0) is 44.0 Å². The van der Waals surface area contributed by atoms with Gasteiger partial charge in [-0.15, -0.1) is 0 Å². The first-order chi connectivity index (χ1) is 9.01. The molecular weight excluding hydrogens is 264 g/mol. The first-order valence-corrected chi connectivity index (χ1v) is 6.68. The van der Waals surface area contributed by atoms with Gasteiger partial charge in [0.2, 0.25) is 0 Å². The molecule has 19 heavy (non-hydrogen) atoms. The van der Waals surface area contributed by atoms with Crippen molar-refractivity contribution < 1.29 is 14.3 Å². The zero-order chi connectivity index (χ0) is 14.0. The van der Waals surface area contributed by atoms with Gasteiger partial charge in [-0.25, -0.2) is 9.78 Å². The van der Waals surface area contributed by atoms with Gasteiger partial charge in [-0.3, -0.25) is 10.1 Å². The van der Waals surface area contributed by atoms with Crippen molar-refractivity contribution in [2.45, 2.75) is 20.8 Å². The number of amides is 1. The minimum atomic E-state index is -0.894. The number of benzene rings is 1. The lowest BCUT2D eigenvalue weighted by Gasteiger charge is -2.00. The van der Waals surface area contributed by atoms with E-state index in [1.807, 2.05) is 26.0 Å². The van der Waals surface area contributed by atoms with Crippen molar-refractivity contribution in [1.29, 1.82) is 0 Å². The number of aryl methyl sites for hydroxylation is 2. The Morgan fingerprint density at radius 2 is 2.00 bits per heavy atom. The zero-order valence-corrected chi connectivity index (χ0v) is 11.8. The second-order valence-electron chi connectivity index (χ2n) is 4.10. The highest BCUT2D eigenvalue weighted by molar-refractivity contribution is 7.22. The van der Waals surface area contributed by atoms with Crippen molar-refractivity contribution in [3.05, 3.63) is 23.3 Å². The fourth-order valence-corrected chi connectivity index (χ4v) is 2.52. The van der Waals surface area contributed by atoms with Crippen LogP contribution in [-0.2, 0) is 14.3 Å². The van der Waals surface area contributed by atoms with E-state index >= 15 is 0 Å². The van der Waals surface area contributed by atoms with E-state index in [0.717, 1.165) is 15.8 Å². The Balaban J connectivity index is 2.22. The summed E-state index contributed by atoms with van der Waals surface area (Å²) in [5, 5.41) is 2.85. The zero-order valence-electron chi connectivity index (χ0n) is 10.9. The van der Waals surface area contributed by atoms with Gasteiger partial charge in [0.1, 0.15) is 0 Å². The van der Waals surface area contributed by atoms with Crippen LogP contribution in [0.3, 0.4) is 0 Å². The van der Waals surface area contributed by atoms with Crippen molar-refractivity contribution >= 4 is 38.6 Å². The number of aromatic nitrogens is 1. The number of anilines is 1. The van der Waals surface area contributed by atoms with Crippen molar-refractivity contribution in [1.82, 2.24) is 4.98 Å². The molecule has 1 N–H and O–H groups in total. The Morgan fingerprint density at radius 1 is 1.32 bits per heavy atom. The number of hydrogen-bond donors (Lipinski definition) is 1. The van der Waals surface area contributed by atoms with Gasteiger partial charge in [-0.2, -0.15) is 0 Å². The number of fused-ring (bicyclic) bond motifs is 1. The lowest BCUT2D eigenvalue weighted by atomic mass is 10.1. The van der Waals surface area contributed by atoms with Crippen LogP contribution in [0, 0.1) is 13.8 Å². The molecule has 0 spiro atoms. The summed E-state index contributed by atoms with van der Waals surface area (Å²) >= 11 is 1.33. The monoisotopic (exact) mass is 278 g/mol. The SMILES string of the molecule is CCOC(=O)C(=O)Nc1nc2cc(C)c(C)cc2s1. The van der Waals surface area contributed by atoms with Gasteiger partial charge < -0.3 is 4.74 Å². The van der Waals surface area contributed by atoms with E-state index in [4.69, 9.17) is 0 Å². The van der Waals surface area contributed by atoms with Crippen molar-refractivity contribution in [3.63, 3.8) is 0 Å². The average molecular weight is 278 g/mol. The van der Waals surface area contributed by atoms with E-state index < -0.39 is 11.9 Å². The highest BCUT2D eigenvalue weighted by atomic mass is 32.1. The molecule has 0 atom stereocenters. The largest absolute Gasteiger partial charge is 0.459 e. The molecule has 100 valence electrons. The predicted octanol–water partition coefficient (Wildman–Crippen LogP) is 2.41. The van der Waals surface area contributed by atoms with E-state index in [9.17, 15) is 9.59 Å². The summed E-state index contributed by atoms with van der Waals surface area (Å²) in [6, 6.07) is 3.98. The number of nitrogens with one attached hydrogen (secondary N) is 1. The number of carbonyl (C=O) groups is 2. The average Bonchev–Trinajstić information content (AvgIpc) is 2.71. The number of ether oxygens (including phenoxy) is 1. The molecule has 2 aromatic rings. The number of rotatable bonds is 2. The van der Waals surface area contributed by atoms with Crippen LogP contribution in [0.4, 0.5) is 5.13 Å². The van der Waals surface area contributed by atoms with Crippen LogP contribution < -0.4 is 5.32 Å². The second kappa shape index (κ2) is 5.36. The minimum absolute atomic E-state index is 0.171. The first-order valence-electron chi connectivity index (χ1n) is 5.87. The molecule has 2 rings (SSSR count). The Labute approximate surface area is 114 Å². The molecule has 0 saturated carbocycles. The maximum atomic E-state index is 11.5. The third kappa shape index (κ3) is 2.90.